The van der Waals surface area contributed by atoms with Gasteiger partial charge in [0.2, 0.25) is 11.6 Å². The number of halogens is 1. The minimum absolute atomic E-state index is 0.0211. The van der Waals surface area contributed by atoms with E-state index in [-0.39, 0.29) is 58.8 Å². The van der Waals surface area contributed by atoms with Gasteiger partial charge in [-0.15, -0.1) is 10.2 Å². The number of pyridine rings is 2. The minimum Gasteiger partial charge on any atom is -0.485 e. The first-order valence-electron chi connectivity index (χ1n) is 12.8. The Labute approximate surface area is 232 Å². The molecule has 0 saturated carbocycles. The first kappa shape index (κ1) is 25.9. The molecule has 0 spiro atoms. The predicted molar refractivity (Wildman–Crippen MR) is 146 cm³/mol. The van der Waals surface area contributed by atoms with E-state index in [1.165, 1.54) is 22.9 Å². The van der Waals surface area contributed by atoms with E-state index in [2.05, 4.69) is 15.2 Å². The van der Waals surface area contributed by atoms with Crippen molar-refractivity contribution in [2.75, 3.05) is 6.61 Å². The molecule has 0 N–H and O–H groups in total. The molecule has 0 amide bonds. The minimum atomic E-state index is -0.847. The average Bonchev–Trinajstić information content (AvgIpc) is 3.42. The zero-order valence-electron chi connectivity index (χ0n) is 22.1. The Morgan fingerprint density at radius 3 is 2.54 bits per heavy atom. The number of aromatic nitrogens is 4. The zero-order chi connectivity index (χ0) is 28.5. The first-order valence-corrected chi connectivity index (χ1v) is 12.8. The number of hydrogen-bond donors (Lipinski definition) is 0. The quantitative estimate of drug-likeness (QED) is 0.246. The molecular formula is C30H23FN4O6. The van der Waals surface area contributed by atoms with E-state index in [9.17, 15) is 14.0 Å². The van der Waals surface area contributed by atoms with Gasteiger partial charge in [0.15, 0.2) is 17.1 Å². The van der Waals surface area contributed by atoms with E-state index in [4.69, 9.17) is 18.6 Å². The molecule has 10 nitrogen and oxygen atoms in total. The summed E-state index contributed by atoms with van der Waals surface area (Å²) in [5.41, 5.74) is 1.71. The SMILES string of the molecule is CCOC(=O)c1c(OCc2ccccc2)c2ncc(Cc3ccc(F)cc3)c3c2n(c1=O)C=C(c1nnc(C)o1)O3. The number of ether oxygens (including phenoxy) is 3. The molecule has 0 bridgehead atoms. The lowest BCUT2D eigenvalue weighted by molar-refractivity contribution is 0.0519. The summed E-state index contributed by atoms with van der Waals surface area (Å²) in [6.07, 6.45) is 3.25. The Kier molecular flexibility index (Phi) is 6.76. The lowest BCUT2D eigenvalue weighted by atomic mass is 10.0. The van der Waals surface area contributed by atoms with Gasteiger partial charge in [-0.05, 0) is 30.2 Å². The molecule has 206 valence electrons. The molecule has 0 fully saturated rings. The summed E-state index contributed by atoms with van der Waals surface area (Å²) in [4.78, 5) is 31.7. The van der Waals surface area contributed by atoms with E-state index in [1.807, 2.05) is 30.3 Å². The number of aryl methyl sites for hydroxylation is 1. The predicted octanol–water partition coefficient (Wildman–Crippen LogP) is 4.92. The number of carbonyl (C=O) groups excluding carboxylic acids is 1. The van der Waals surface area contributed by atoms with Crippen LogP contribution in [0.4, 0.5) is 4.39 Å². The molecule has 0 aliphatic carbocycles. The molecule has 0 atom stereocenters. The number of rotatable bonds is 8. The van der Waals surface area contributed by atoms with E-state index >= 15 is 0 Å². The molecule has 2 aromatic carbocycles. The van der Waals surface area contributed by atoms with E-state index in [1.54, 1.807) is 32.2 Å². The summed E-state index contributed by atoms with van der Waals surface area (Å²) < 4.78 is 38.0. The molecule has 5 aromatic rings. The molecule has 0 unspecified atom stereocenters. The molecule has 3 aromatic heterocycles. The van der Waals surface area contributed by atoms with Crippen LogP contribution in [0, 0.1) is 12.7 Å². The second kappa shape index (κ2) is 10.7. The molecule has 4 heterocycles. The Morgan fingerprint density at radius 1 is 1.05 bits per heavy atom. The van der Waals surface area contributed by atoms with E-state index < -0.39 is 11.5 Å². The maximum Gasteiger partial charge on any atom is 0.347 e. The first-order chi connectivity index (χ1) is 19.9. The molecular weight excluding hydrogens is 531 g/mol. The average molecular weight is 555 g/mol. The Bertz CT molecular complexity index is 1860. The van der Waals surface area contributed by atoms with Crippen molar-refractivity contribution >= 4 is 29.0 Å². The van der Waals surface area contributed by atoms with Crippen molar-refractivity contribution in [1.82, 2.24) is 19.7 Å². The summed E-state index contributed by atoms with van der Waals surface area (Å²) in [6, 6.07) is 15.3. The topological polar surface area (TPSA) is 119 Å². The third-order valence-corrected chi connectivity index (χ3v) is 6.40. The van der Waals surface area contributed by atoms with Crippen LogP contribution in [0.1, 0.15) is 45.8 Å². The summed E-state index contributed by atoms with van der Waals surface area (Å²) in [5, 5.41) is 7.89. The van der Waals surface area contributed by atoms with Crippen molar-refractivity contribution in [3.05, 3.63) is 111 Å². The highest BCUT2D eigenvalue weighted by atomic mass is 19.1. The zero-order valence-corrected chi connectivity index (χ0v) is 22.1. The number of nitrogens with zero attached hydrogens (tertiary/aromatic N) is 4. The molecule has 0 saturated heterocycles. The normalized spacial score (nSPS) is 12.1. The lowest BCUT2D eigenvalue weighted by Crippen LogP contribution is -2.29. The second-order valence-corrected chi connectivity index (χ2v) is 9.21. The van der Waals surface area contributed by atoms with Crippen LogP contribution in [-0.4, -0.2) is 32.3 Å². The molecule has 1 aliphatic rings. The Hall–Kier alpha value is -5.32. The van der Waals surface area contributed by atoms with Gasteiger partial charge < -0.3 is 18.6 Å². The number of hydrogen-bond acceptors (Lipinski definition) is 9. The molecule has 41 heavy (non-hydrogen) atoms. The fourth-order valence-electron chi connectivity index (χ4n) is 4.54. The van der Waals surface area contributed by atoms with Gasteiger partial charge in [-0.3, -0.25) is 14.3 Å². The number of carbonyl (C=O) groups is 1. The number of benzene rings is 2. The van der Waals surface area contributed by atoms with Gasteiger partial charge in [0, 0.05) is 25.1 Å². The Balaban J connectivity index is 1.59. The maximum atomic E-state index is 14.0. The molecule has 11 heteroatoms. The van der Waals surface area contributed by atoms with Crippen molar-refractivity contribution in [3.63, 3.8) is 0 Å². The van der Waals surface area contributed by atoms with Gasteiger partial charge in [0.05, 0.1) is 12.8 Å². The monoisotopic (exact) mass is 554 g/mol. The van der Waals surface area contributed by atoms with Gasteiger partial charge in [0.25, 0.3) is 11.4 Å². The third-order valence-electron chi connectivity index (χ3n) is 6.40. The smallest absolute Gasteiger partial charge is 0.347 e. The van der Waals surface area contributed by atoms with Crippen molar-refractivity contribution < 1.29 is 27.8 Å². The van der Waals surface area contributed by atoms with Crippen molar-refractivity contribution in [2.45, 2.75) is 26.9 Å². The largest absolute Gasteiger partial charge is 0.485 e. The van der Waals surface area contributed by atoms with Gasteiger partial charge in [-0.25, -0.2) is 9.18 Å². The highest BCUT2D eigenvalue weighted by molar-refractivity contribution is 6.02. The van der Waals surface area contributed by atoms with Gasteiger partial charge >= 0.3 is 5.97 Å². The summed E-state index contributed by atoms with van der Waals surface area (Å²) in [5.74, 6) is -0.510. The van der Waals surface area contributed by atoms with Gasteiger partial charge in [-0.2, -0.15) is 0 Å². The Morgan fingerprint density at radius 2 is 1.83 bits per heavy atom. The molecule has 1 aliphatic heterocycles. The van der Waals surface area contributed by atoms with Crippen LogP contribution in [0.5, 0.6) is 11.5 Å². The molecule has 0 radical (unpaired) electrons. The summed E-state index contributed by atoms with van der Waals surface area (Å²) >= 11 is 0. The fourth-order valence-corrected chi connectivity index (χ4v) is 4.54. The van der Waals surface area contributed by atoms with E-state index in [0.717, 1.165) is 11.1 Å². The third kappa shape index (κ3) is 4.93. The fraction of sp³-hybridized carbons (Fsp3) is 0.167. The van der Waals surface area contributed by atoms with Crippen LogP contribution in [-0.2, 0) is 17.8 Å². The van der Waals surface area contributed by atoms with E-state index in [0.29, 0.717) is 17.9 Å². The van der Waals surface area contributed by atoms with Crippen LogP contribution >= 0.6 is 0 Å². The van der Waals surface area contributed by atoms with Crippen LogP contribution in [0.2, 0.25) is 0 Å². The summed E-state index contributed by atoms with van der Waals surface area (Å²) in [7, 11) is 0. The van der Waals surface area contributed by atoms with Crippen LogP contribution in [0.15, 0.2) is 70.0 Å². The van der Waals surface area contributed by atoms with Crippen LogP contribution in [0.3, 0.4) is 0 Å². The standard InChI is InChI=1S/C30H23FN4O6/c1-3-38-30(37)23-27(39-16-19-7-5-4-6-8-19)24-25-26(20(14-32-24)13-18-9-11-21(31)12-10-18)41-22(15-35(25)29(23)36)28-34-33-17(2)40-28/h4-12,14-15H,3,13,16H2,1-2H3. The van der Waals surface area contributed by atoms with Crippen molar-refractivity contribution in [2.24, 2.45) is 0 Å². The maximum absolute atomic E-state index is 14.0. The van der Waals surface area contributed by atoms with Gasteiger partial charge in [0.1, 0.15) is 23.5 Å². The number of esters is 1. The summed E-state index contributed by atoms with van der Waals surface area (Å²) in [6.45, 7) is 3.39. The lowest BCUT2D eigenvalue weighted by Gasteiger charge is -2.23. The molecule has 6 rings (SSSR count). The van der Waals surface area contributed by atoms with Gasteiger partial charge in [-0.1, -0.05) is 42.5 Å². The highest BCUT2D eigenvalue weighted by Gasteiger charge is 2.32. The van der Waals surface area contributed by atoms with Crippen LogP contribution in [0.25, 0.3) is 23.0 Å². The highest BCUT2D eigenvalue weighted by Crippen LogP contribution is 2.40. The van der Waals surface area contributed by atoms with Crippen molar-refractivity contribution in [1.29, 1.82) is 0 Å². The van der Waals surface area contributed by atoms with Crippen LogP contribution < -0.4 is 15.0 Å². The van der Waals surface area contributed by atoms with Crippen molar-refractivity contribution in [3.8, 4) is 11.5 Å². The second-order valence-electron chi connectivity index (χ2n) is 9.21.